The zero-order valence-electron chi connectivity index (χ0n) is 9.51. The molecule has 2 nitrogen and oxygen atoms in total. The topological polar surface area (TPSA) is 43.1 Å². The average molecular weight is 197 g/mol. The monoisotopic (exact) mass is 197 g/mol. The Labute approximate surface area is 87.6 Å². The smallest absolute Gasteiger partial charge is 0.178 e. The van der Waals surface area contributed by atoms with Crippen LogP contribution in [0.3, 0.4) is 0 Å². The SMILES string of the molecule is CC=C(N)C(=O)CCCCCCCC. The van der Waals surface area contributed by atoms with E-state index in [-0.39, 0.29) is 5.78 Å². The first-order valence-corrected chi connectivity index (χ1v) is 5.67. The van der Waals surface area contributed by atoms with Crippen LogP contribution in [0.4, 0.5) is 0 Å². The molecule has 0 aliphatic rings. The van der Waals surface area contributed by atoms with E-state index in [0.29, 0.717) is 12.1 Å². The molecule has 2 heteroatoms. The molecule has 0 spiro atoms. The zero-order valence-corrected chi connectivity index (χ0v) is 9.51. The molecule has 0 saturated carbocycles. The Hall–Kier alpha value is -0.790. The maximum atomic E-state index is 11.3. The van der Waals surface area contributed by atoms with Crippen molar-refractivity contribution < 1.29 is 4.79 Å². The highest BCUT2D eigenvalue weighted by Gasteiger charge is 2.02. The molecule has 2 N–H and O–H groups in total. The van der Waals surface area contributed by atoms with Gasteiger partial charge < -0.3 is 5.73 Å². The van der Waals surface area contributed by atoms with E-state index in [1.54, 1.807) is 13.0 Å². The molecule has 0 radical (unpaired) electrons. The molecule has 0 bridgehead atoms. The van der Waals surface area contributed by atoms with Gasteiger partial charge in [-0.05, 0) is 13.3 Å². The zero-order chi connectivity index (χ0) is 10.8. The second kappa shape index (κ2) is 8.79. The van der Waals surface area contributed by atoms with Gasteiger partial charge in [0.15, 0.2) is 5.78 Å². The molecule has 0 saturated heterocycles. The third kappa shape index (κ3) is 6.70. The third-order valence-corrected chi connectivity index (χ3v) is 2.39. The number of hydrogen-bond donors (Lipinski definition) is 1. The lowest BCUT2D eigenvalue weighted by molar-refractivity contribution is -0.115. The minimum atomic E-state index is 0.1000. The van der Waals surface area contributed by atoms with Gasteiger partial charge in [0.25, 0.3) is 0 Å². The lowest BCUT2D eigenvalue weighted by Crippen LogP contribution is -2.10. The quantitative estimate of drug-likeness (QED) is 0.480. The van der Waals surface area contributed by atoms with Crippen LogP contribution >= 0.6 is 0 Å². The summed E-state index contributed by atoms with van der Waals surface area (Å²) in [5.74, 6) is 0.1000. The van der Waals surface area contributed by atoms with E-state index in [4.69, 9.17) is 5.73 Å². The summed E-state index contributed by atoms with van der Waals surface area (Å²) in [7, 11) is 0. The first kappa shape index (κ1) is 13.2. The molecule has 0 aromatic heterocycles. The molecule has 14 heavy (non-hydrogen) atoms. The van der Waals surface area contributed by atoms with E-state index in [0.717, 1.165) is 12.8 Å². The normalized spacial score (nSPS) is 11.7. The third-order valence-electron chi connectivity index (χ3n) is 2.39. The van der Waals surface area contributed by atoms with Gasteiger partial charge in [-0.2, -0.15) is 0 Å². The van der Waals surface area contributed by atoms with Crippen LogP contribution in [0.15, 0.2) is 11.8 Å². The van der Waals surface area contributed by atoms with Crippen LogP contribution in [0, 0.1) is 0 Å². The molecule has 0 fully saturated rings. The largest absolute Gasteiger partial charge is 0.396 e. The van der Waals surface area contributed by atoms with E-state index in [2.05, 4.69) is 6.92 Å². The molecule has 0 aliphatic heterocycles. The highest BCUT2D eigenvalue weighted by Crippen LogP contribution is 2.08. The van der Waals surface area contributed by atoms with Gasteiger partial charge in [0.05, 0.1) is 5.70 Å². The molecule has 82 valence electrons. The molecule has 0 rings (SSSR count). The molecule has 0 amide bonds. The maximum Gasteiger partial charge on any atom is 0.178 e. The van der Waals surface area contributed by atoms with Crippen molar-refractivity contribution in [1.82, 2.24) is 0 Å². The number of ketones is 1. The molecular formula is C12H23NO. The summed E-state index contributed by atoms with van der Waals surface area (Å²) < 4.78 is 0. The summed E-state index contributed by atoms with van der Waals surface area (Å²) in [5, 5.41) is 0. The van der Waals surface area contributed by atoms with Crippen LogP contribution in [-0.4, -0.2) is 5.78 Å². The van der Waals surface area contributed by atoms with Crippen LogP contribution < -0.4 is 5.73 Å². The number of nitrogens with two attached hydrogens (primary N) is 1. The number of allylic oxidation sites excluding steroid dienone is 2. The van der Waals surface area contributed by atoms with Crippen molar-refractivity contribution in [2.75, 3.05) is 0 Å². The van der Waals surface area contributed by atoms with Gasteiger partial charge in [0, 0.05) is 6.42 Å². The van der Waals surface area contributed by atoms with Crippen molar-refractivity contribution in [3.63, 3.8) is 0 Å². The second-order valence-electron chi connectivity index (χ2n) is 3.68. The summed E-state index contributed by atoms with van der Waals surface area (Å²) in [6.45, 7) is 4.00. The second-order valence-corrected chi connectivity index (χ2v) is 3.68. The van der Waals surface area contributed by atoms with Crippen molar-refractivity contribution in [2.24, 2.45) is 5.73 Å². The first-order valence-electron chi connectivity index (χ1n) is 5.67. The fourth-order valence-electron chi connectivity index (χ4n) is 1.37. The standard InChI is InChI=1S/C12H23NO/c1-3-5-6-7-8-9-10-12(14)11(13)4-2/h4H,3,5-10,13H2,1-2H3. The van der Waals surface area contributed by atoms with Crippen molar-refractivity contribution in [2.45, 2.75) is 58.8 Å². The van der Waals surface area contributed by atoms with Crippen LogP contribution in [0.5, 0.6) is 0 Å². The van der Waals surface area contributed by atoms with Crippen molar-refractivity contribution >= 4 is 5.78 Å². The Morgan fingerprint density at radius 1 is 1.14 bits per heavy atom. The lowest BCUT2D eigenvalue weighted by Gasteiger charge is -2.01. The predicted octanol–water partition coefficient (Wildman–Crippen LogP) is 3.17. The molecule has 0 atom stereocenters. The van der Waals surface area contributed by atoms with Gasteiger partial charge in [-0.1, -0.05) is 45.1 Å². The number of hydrogen-bond acceptors (Lipinski definition) is 2. The van der Waals surface area contributed by atoms with Crippen LogP contribution in [0.1, 0.15) is 58.8 Å². The van der Waals surface area contributed by atoms with Crippen LogP contribution in [0.25, 0.3) is 0 Å². The summed E-state index contributed by atoms with van der Waals surface area (Å²) in [6, 6.07) is 0. The number of carbonyl (C=O) groups is 1. The van der Waals surface area contributed by atoms with E-state index in [9.17, 15) is 4.79 Å². The molecule has 0 aliphatic carbocycles. The Bertz CT molecular complexity index is 185. The molecule has 0 heterocycles. The molecular weight excluding hydrogens is 174 g/mol. The summed E-state index contributed by atoms with van der Waals surface area (Å²) >= 11 is 0. The van der Waals surface area contributed by atoms with Gasteiger partial charge in [-0.25, -0.2) is 0 Å². The van der Waals surface area contributed by atoms with E-state index in [1.165, 1.54) is 25.7 Å². The van der Waals surface area contributed by atoms with E-state index >= 15 is 0 Å². The van der Waals surface area contributed by atoms with Gasteiger partial charge in [-0.3, -0.25) is 4.79 Å². The Morgan fingerprint density at radius 3 is 2.29 bits per heavy atom. The van der Waals surface area contributed by atoms with Gasteiger partial charge in [0.1, 0.15) is 0 Å². The van der Waals surface area contributed by atoms with E-state index < -0.39 is 0 Å². The maximum absolute atomic E-state index is 11.3. The minimum Gasteiger partial charge on any atom is -0.396 e. The number of rotatable bonds is 8. The van der Waals surface area contributed by atoms with Gasteiger partial charge in [-0.15, -0.1) is 0 Å². The van der Waals surface area contributed by atoms with Crippen molar-refractivity contribution in [3.8, 4) is 0 Å². The lowest BCUT2D eigenvalue weighted by atomic mass is 10.1. The van der Waals surface area contributed by atoms with Crippen molar-refractivity contribution in [3.05, 3.63) is 11.8 Å². The van der Waals surface area contributed by atoms with Gasteiger partial charge >= 0.3 is 0 Å². The number of unbranched alkanes of at least 4 members (excludes halogenated alkanes) is 5. The van der Waals surface area contributed by atoms with Crippen LogP contribution in [0.2, 0.25) is 0 Å². The highest BCUT2D eigenvalue weighted by atomic mass is 16.1. The Kier molecular flexibility index (Phi) is 8.30. The number of carbonyl (C=O) groups excluding carboxylic acids is 1. The van der Waals surface area contributed by atoms with Gasteiger partial charge in [0.2, 0.25) is 0 Å². The van der Waals surface area contributed by atoms with Crippen LogP contribution in [-0.2, 0) is 4.79 Å². The fraction of sp³-hybridized carbons (Fsp3) is 0.750. The average Bonchev–Trinajstić information content (AvgIpc) is 2.21. The summed E-state index contributed by atoms with van der Waals surface area (Å²) in [4.78, 5) is 11.3. The van der Waals surface area contributed by atoms with E-state index in [1.807, 2.05) is 0 Å². The Balaban J connectivity index is 3.32. The summed E-state index contributed by atoms with van der Waals surface area (Å²) in [6.07, 6.45) is 9.55. The minimum absolute atomic E-state index is 0.1000. The fourth-order valence-corrected chi connectivity index (χ4v) is 1.37. The molecule has 0 unspecified atom stereocenters. The predicted molar refractivity (Wildman–Crippen MR) is 60.9 cm³/mol. The number of Topliss-reactive ketones (excluding diaryl/α,β-unsaturated/α-hetero) is 1. The summed E-state index contributed by atoms with van der Waals surface area (Å²) in [5.41, 5.74) is 5.91. The molecule has 0 aromatic rings. The molecule has 0 aromatic carbocycles. The van der Waals surface area contributed by atoms with Crippen molar-refractivity contribution in [1.29, 1.82) is 0 Å². The Morgan fingerprint density at radius 2 is 1.71 bits per heavy atom. The highest BCUT2D eigenvalue weighted by molar-refractivity contribution is 5.94. The first-order chi connectivity index (χ1) is 6.72.